The first kappa shape index (κ1) is 10.2. The van der Waals surface area contributed by atoms with Gasteiger partial charge < -0.3 is 4.90 Å². The molecule has 1 heterocycles. The Hall–Kier alpha value is -1.32. The van der Waals surface area contributed by atoms with Gasteiger partial charge in [0, 0.05) is 13.1 Å². The molecule has 15 heavy (non-hydrogen) atoms. The van der Waals surface area contributed by atoms with E-state index in [-0.39, 0.29) is 6.03 Å². The second-order valence-electron chi connectivity index (χ2n) is 4.32. The van der Waals surface area contributed by atoms with Crippen molar-refractivity contribution < 1.29 is 9.36 Å². The quantitative estimate of drug-likeness (QED) is 0.637. The van der Waals surface area contributed by atoms with Crippen molar-refractivity contribution in [3.8, 4) is 0 Å². The largest absolute Gasteiger partial charge is 0.415 e. The Morgan fingerprint density at radius 2 is 2.13 bits per heavy atom. The zero-order valence-electron chi connectivity index (χ0n) is 9.39. The molecule has 0 radical (unpaired) electrons. The lowest BCUT2D eigenvalue weighted by molar-refractivity contribution is -0.670. The van der Waals surface area contributed by atoms with Gasteiger partial charge in [-0.15, -0.1) is 0 Å². The Balaban J connectivity index is 2.06. The molecule has 1 fully saturated rings. The minimum absolute atomic E-state index is 0.0718. The number of carbonyl (C=O) groups is 1. The van der Waals surface area contributed by atoms with E-state index in [0.29, 0.717) is 6.04 Å². The highest BCUT2D eigenvalue weighted by Crippen LogP contribution is 2.22. The fourth-order valence-electron chi connectivity index (χ4n) is 2.19. The summed E-state index contributed by atoms with van der Waals surface area (Å²) in [7, 11) is 3.82. The molecule has 0 unspecified atom stereocenters. The third kappa shape index (κ3) is 2.03. The van der Waals surface area contributed by atoms with Gasteiger partial charge in [-0.1, -0.05) is 12.8 Å². The molecule has 1 aromatic rings. The van der Waals surface area contributed by atoms with Crippen molar-refractivity contribution in [2.24, 2.45) is 7.05 Å². The number of rotatable bonds is 1. The van der Waals surface area contributed by atoms with Gasteiger partial charge in [-0.2, -0.15) is 4.57 Å². The van der Waals surface area contributed by atoms with Crippen LogP contribution in [-0.4, -0.2) is 28.6 Å². The zero-order chi connectivity index (χ0) is 10.8. The summed E-state index contributed by atoms with van der Waals surface area (Å²) in [4.78, 5) is 13.9. The van der Waals surface area contributed by atoms with Gasteiger partial charge in [0.05, 0.1) is 7.05 Å². The Kier molecular flexibility index (Phi) is 2.75. The molecule has 1 aliphatic rings. The lowest BCUT2D eigenvalue weighted by Crippen LogP contribution is -2.38. The van der Waals surface area contributed by atoms with Crippen LogP contribution in [0.2, 0.25) is 0 Å². The predicted octanol–water partition coefficient (Wildman–Crippen LogP) is 1.16. The second kappa shape index (κ2) is 4.04. The van der Waals surface area contributed by atoms with Crippen LogP contribution in [-0.2, 0) is 7.05 Å². The van der Waals surface area contributed by atoms with Gasteiger partial charge in [0.1, 0.15) is 12.4 Å². The zero-order valence-corrected chi connectivity index (χ0v) is 9.39. The molecule has 0 spiro atoms. The molecule has 0 saturated heterocycles. The van der Waals surface area contributed by atoms with Crippen LogP contribution < -0.4 is 4.57 Å². The lowest BCUT2D eigenvalue weighted by Gasteiger charge is -2.21. The fourth-order valence-corrected chi connectivity index (χ4v) is 2.19. The highest BCUT2D eigenvalue weighted by molar-refractivity contribution is 5.76. The van der Waals surface area contributed by atoms with E-state index in [9.17, 15) is 4.79 Å². The summed E-state index contributed by atoms with van der Waals surface area (Å²) in [5, 5.41) is 0. The third-order valence-corrected chi connectivity index (χ3v) is 3.16. The molecule has 0 N–H and O–H groups in total. The van der Waals surface area contributed by atoms with E-state index in [0.717, 1.165) is 12.8 Å². The molecule has 0 bridgehead atoms. The van der Waals surface area contributed by atoms with E-state index in [2.05, 4.69) is 0 Å². The van der Waals surface area contributed by atoms with Gasteiger partial charge in [0.2, 0.25) is 0 Å². The van der Waals surface area contributed by atoms with Crippen LogP contribution in [0.5, 0.6) is 0 Å². The van der Waals surface area contributed by atoms with Crippen molar-refractivity contribution in [2.75, 3.05) is 7.05 Å². The van der Waals surface area contributed by atoms with Gasteiger partial charge in [-0.25, -0.2) is 9.36 Å². The van der Waals surface area contributed by atoms with Crippen LogP contribution in [0.1, 0.15) is 25.7 Å². The highest BCUT2D eigenvalue weighted by Gasteiger charge is 2.26. The van der Waals surface area contributed by atoms with E-state index in [1.807, 2.05) is 29.8 Å². The first-order valence-corrected chi connectivity index (χ1v) is 5.49. The Morgan fingerprint density at radius 1 is 1.47 bits per heavy atom. The van der Waals surface area contributed by atoms with Crippen molar-refractivity contribution in [3.63, 3.8) is 0 Å². The van der Waals surface area contributed by atoms with Crippen molar-refractivity contribution in [1.82, 2.24) is 9.47 Å². The summed E-state index contributed by atoms with van der Waals surface area (Å²) in [6.45, 7) is 0. The summed E-state index contributed by atoms with van der Waals surface area (Å²) >= 11 is 0. The summed E-state index contributed by atoms with van der Waals surface area (Å²) in [5.41, 5.74) is 0. The van der Waals surface area contributed by atoms with Gasteiger partial charge in [-0.05, 0) is 12.8 Å². The van der Waals surface area contributed by atoms with E-state index in [4.69, 9.17) is 0 Å². The van der Waals surface area contributed by atoms with Crippen LogP contribution in [0.15, 0.2) is 18.7 Å². The molecule has 1 amide bonds. The molecule has 0 aromatic carbocycles. The van der Waals surface area contributed by atoms with Crippen LogP contribution in [0, 0.1) is 0 Å². The average Bonchev–Trinajstić information content (AvgIpc) is 2.85. The number of carbonyl (C=O) groups excluding carboxylic acids is 1. The lowest BCUT2D eigenvalue weighted by atomic mass is 10.2. The molecule has 1 aliphatic carbocycles. The fraction of sp³-hybridized carbons (Fsp3) is 0.636. The maximum absolute atomic E-state index is 12.0. The summed E-state index contributed by atoms with van der Waals surface area (Å²) in [6.07, 6.45) is 10.3. The molecule has 0 atom stereocenters. The molecular formula is C11H18N3O+. The summed E-state index contributed by atoms with van der Waals surface area (Å²) in [5.74, 6) is 0. The average molecular weight is 208 g/mol. The number of hydrogen-bond acceptors (Lipinski definition) is 1. The number of amides is 1. The topological polar surface area (TPSA) is 29.1 Å². The van der Waals surface area contributed by atoms with Gasteiger partial charge >= 0.3 is 6.03 Å². The number of imidazole rings is 1. The number of nitrogens with zero attached hydrogens (tertiary/aromatic N) is 3. The molecule has 1 saturated carbocycles. The minimum atomic E-state index is 0.0718. The first-order valence-electron chi connectivity index (χ1n) is 5.49. The van der Waals surface area contributed by atoms with Crippen molar-refractivity contribution in [3.05, 3.63) is 18.7 Å². The minimum Gasteiger partial charge on any atom is -0.304 e. The van der Waals surface area contributed by atoms with Crippen LogP contribution in [0.3, 0.4) is 0 Å². The first-order chi connectivity index (χ1) is 7.18. The Bertz CT molecular complexity index is 352. The van der Waals surface area contributed by atoms with Crippen molar-refractivity contribution in [2.45, 2.75) is 31.7 Å². The normalized spacial score (nSPS) is 16.9. The molecule has 0 aliphatic heterocycles. The highest BCUT2D eigenvalue weighted by atomic mass is 16.2. The van der Waals surface area contributed by atoms with Crippen LogP contribution in [0.25, 0.3) is 0 Å². The van der Waals surface area contributed by atoms with E-state index >= 15 is 0 Å². The van der Waals surface area contributed by atoms with Gasteiger partial charge in [0.25, 0.3) is 6.33 Å². The predicted molar refractivity (Wildman–Crippen MR) is 56.4 cm³/mol. The molecule has 1 aromatic heterocycles. The molecule has 82 valence electrons. The molecule has 4 nitrogen and oxygen atoms in total. The smallest absolute Gasteiger partial charge is 0.304 e. The molecule has 4 heteroatoms. The number of aromatic nitrogens is 2. The standard InChI is InChI=1S/C11H18N3O/c1-12-7-8-14(9-12)11(15)13(2)10-5-3-4-6-10/h7-10H,3-6H2,1-2H3/q+1. The maximum atomic E-state index is 12.0. The summed E-state index contributed by atoms with van der Waals surface area (Å²) < 4.78 is 3.51. The second-order valence-corrected chi connectivity index (χ2v) is 4.32. The molecule has 2 rings (SSSR count). The monoisotopic (exact) mass is 208 g/mol. The van der Waals surface area contributed by atoms with E-state index in [1.54, 1.807) is 17.1 Å². The van der Waals surface area contributed by atoms with Crippen LogP contribution in [0.4, 0.5) is 4.79 Å². The van der Waals surface area contributed by atoms with Crippen molar-refractivity contribution >= 4 is 6.03 Å². The van der Waals surface area contributed by atoms with Crippen LogP contribution >= 0.6 is 0 Å². The third-order valence-electron chi connectivity index (χ3n) is 3.16. The van der Waals surface area contributed by atoms with Gasteiger partial charge in [0.15, 0.2) is 0 Å². The number of aryl methyl sites for hydroxylation is 1. The number of hydrogen-bond donors (Lipinski definition) is 0. The summed E-state index contributed by atoms with van der Waals surface area (Å²) in [6, 6.07) is 0.507. The van der Waals surface area contributed by atoms with Gasteiger partial charge in [-0.3, -0.25) is 0 Å². The SMILES string of the molecule is CN(C(=O)n1cc[n+](C)c1)C1CCCC1. The Morgan fingerprint density at radius 3 is 2.67 bits per heavy atom. The Labute approximate surface area is 90.1 Å². The van der Waals surface area contributed by atoms with E-state index in [1.165, 1.54) is 12.8 Å². The maximum Gasteiger partial charge on any atom is 0.415 e. The van der Waals surface area contributed by atoms with Crippen molar-refractivity contribution in [1.29, 1.82) is 0 Å². The molecular weight excluding hydrogens is 190 g/mol. The van der Waals surface area contributed by atoms with E-state index < -0.39 is 0 Å².